The normalized spacial score (nSPS) is 19.5. The first-order valence-corrected chi connectivity index (χ1v) is 7.30. The van der Waals surface area contributed by atoms with Gasteiger partial charge in [0.05, 0.1) is 25.5 Å². The molecule has 0 saturated carbocycles. The highest BCUT2D eigenvalue weighted by Crippen LogP contribution is 2.19. The van der Waals surface area contributed by atoms with E-state index < -0.39 is 0 Å². The largest absolute Gasteiger partial charge is 0.378 e. The fraction of sp³-hybridized carbons (Fsp3) is 0.643. The van der Waals surface area contributed by atoms with E-state index in [9.17, 15) is 9.59 Å². The number of likely N-dealkylation sites (tertiary alicyclic amines) is 1. The summed E-state index contributed by atoms with van der Waals surface area (Å²) in [5.74, 6) is 0.307. The summed E-state index contributed by atoms with van der Waals surface area (Å²) in [7, 11) is 0. The molecule has 0 aromatic carbocycles. The van der Waals surface area contributed by atoms with Gasteiger partial charge in [-0.25, -0.2) is 9.48 Å². The average Bonchev–Trinajstić information content (AvgIpc) is 2.46. The Balaban J connectivity index is 1.52. The number of hydrogen-bond donors (Lipinski definition) is 0. The van der Waals surface area contributed by atoms with Crippen LogP contribution in [0.4, 0.5) is 4.79 Å². The summed E-state index contributed by atoms with van der Waals surface area (Å²) < 4.78 is 6.74. The van der Waals surface area contributed by atoms with Gasteiger partial charge in [-0.1, -0.05) is 0 Å². The van der Waals surface area contributed by atoms with E-state index in [0.29, 0.717) is 51.9 Å². The first-order chi connectivity index (χ1) is 10.1. The number of morpholine rings is 1. The van der Waals surface area contributed by atoms with E-state index in [1.165, 1.54) is 10.7 Å². The number of aryl methyl sites for hydroxylation is 1. The second kappa shape index (κ2) is 5.85. The first-order valence-electron chi connectivity index (χ1n) is 7.30. The second-order valence-corrected chi connectivity index (χ2v) is 5.65. The van der Waals surface area contributed by atoms with Crippen molar-refractivity contribution in [3.63, 3.8) is 0 Å². The zero-order valence-electron chi connectivity index (χ0n) is 12.2. The Labute approximate surface area is 123 Å². The SMILES string of the molecule is Cc1ccc(=O)n(CC2CN(C(=O)N3CCOCC3)C2)n1. The predicted molar refractivity (Wildman–Crippen MR) is 76.1 cm³/mol. The van der Waals surface area contributed by atoms with Crippen molar-refractivity contribution >= 4 is 6.03 Å². The van der Waals surface area contributed by atoms with E-state index in [1.807, 2.05) is 16.7 Å². The monoisotopic (exact) mass is 292 g/mol. The van der Waals surface area contributed by atoms with E-state index >= 15 is 0 Å². The topological polar surface area (TPSA) is 67.7 Å². The second-order valence-electron chi connectivity index (χ2n) is 5.65. The number of aromatic nitrogens is 2. The van der Waals surface area contributed by atoms with Gasteiger partial charge >= 0.3 is 6.03 Å². The number of carbonyl (C=O) groups is 1. The molecule has 3 rings (SSSR count). The molecule has 0 aliphatic carbocycles. The van der Waals surface area contributed by atoms with Crippen LogP contribution in [-0.4, -0.2) is 65.0 Å². The van der Waals surface area contributed by atoms with Crippen LogP contribution in [0.2, 0.25) is 0 Å². The molecule has 2 aliphatic heterocycles. The summed E-state index contributed by atoms with van der Waals surface area (Å²) in [4.78, 5) is 27.6. The van der Waals surface area contributed by atoms with Gasteiger partial charge in [0.15, 0.2) is 0 Å². The zero-order valence-corrected chi connectivity index (χ0v) is 12.2. The fourth-order valence-corrected chi connectivity index (χ4v) is 2.72. The molecule has 7 heteroatoms. The third kappa shape index (κ3) is 3.07. The third-order valence-electron chi connectivity index (χ3n) is 3.94. The lowest BCUT2D eigenvalue weighted by molar-refractivity contribution is 0.0263. The standard InChI is InChI=1S/C14H20N4O3/c1-11-2-3-13(19)18(15-11)10-12-8-17(9-12)14(20)16-4-6-21-7-5-16/h2-3,12H,4-10H2,1H3. The lowest BCUT2D eigenvalue weighted by Crippen LogP contribution is -2.58. The minimum Gasteiger partial charge on any atom is -0.378 e. The van der Waals surface area contributed by atoms with Crippen LogP contribution in [0, 0.1) is 12.8 Å². The number of urea groups is 1. The van der Waals surface area contributed by atoms with E-state index in [-0.39, 0.29) is 11.6 Å². The van der Waals surface area contributed by atoms with Crippen LogP contribution in [0.5, 0.6) is 0 Å². The molecular weight excluding hydrogens is 272 g/mol. The molecule has 0 atom stereocenters. The number of nitrogens with zero attached hydrogens (tertiary/aromatic N) is 4. The van der Waals surface area contributed by atoms with Crippen LogP contribution in [-0.2, 0) is 11.3 Å². The lowest BCUT2D eigenvalue weighted by Gasteiger charge is -2.42. The smallest absolute Gasteiger partial charge is 0.320 e. The van der Waals surface area contributed by atoms with E-state index in [0.717, 1.165) is 5.69 Å². The molecule has 114 valence electrons. The quantitative estimate of drug-likeness (QED) is 0.765. The molecule has 7 nitrogen and oxygen atoms in total. The van der Waals surface area contributed by atoms with Crippen molar-refractivity contribution in [2.45, 2.75) is 13.5 Å². The molecule has 2 saturated heterocycles. The number of rotatable bonds is 2. The van der Waals surface area contributed by atoms with Crippen molar-refractivity contribution in [1.29, 1.82) is 0 Å². The van der Waals surface area contributed by atoms with Crippen molar-refractivity contribution in [1.82, 2.24) is 19.6 Å². The molecule has 1 aromatic rings. The maximum absolute atomic E-state index is 12.2. The van der Waals surface area contributed by atoms with Crippen molar-refractivity contribution < 1.29 is 9.53 Å². The summed E-state index contributed by atoms with van der Waals surface area (Å²) in [6.45, 7) is 6.39. The maximum atomic E-state index is 12.2. The van der Waals surface area contributed by atoms with Crippen LogP contribution in [0.25, 0.3) is 0 Å². The highest BCUT2D eigenvalue weighted by atomic mass is 16.5. The Kier molecular flexibility index (Phi) is 3.92. The van der Waals surface area contributed by atoms with Crippen molar-refractivity contribution in [2.24, 2.45) is 5.92 Å². The average molecular weight is 292 g/mol. The molecule has 2 amide bonds. The van der Waals surface area contributed by atoms with Crippen LogP contribution in [0.1, 0.15) is 5.69 Å². The van der Waals surface area contributed by atoms with Crippen LogP contribution < -0.4 is 5.56 Å². The Morgan fingerprint density at radius 3 is 2.71 bits per heavy atom. The van der Waals surface area contributed by atoms with Crippen molar-refractivity contribution in [3.05, 3.63) is 28.2 Å². The zero-order chi connectivity index (χ0) is 14.8. The van der Waals surface area contributed by atoms with Gasteiger partial charge in [-0.2, -0.15) is 5.10 Å². The third-order valence-corrected chi connectivity index (χ3v) is 3.94. The number of carbonyl (C=O) groups excluding carboxylic acids is 1. The molecule has 0 spiro atoms. The van der Waals surface area contributed by atoms with E-state index in [1.54, 1.807) is 6.07 Å². The summed E-state index contributed by atoms with van der Waals surface area (Å²) in [6, 6.07) is 3.34. The number of ether oxygens (including phenoxy) is 1. The van der Waals surface area contributed by atoms with Gasteiger partial charge in [-0.15, -0.1) is 0 Å². The predicted octanol–water partition coefficient (Wildman–Crippen LogP) is -0.0643. The maximum Gasteiger partial charge on any atom is 0.320 e. The van der Waals surface area contributed by atoms with Gasteiger partial charge in [0.25, 0.3) is 5.56 Å². The lowest BCUT2D eigenvalue weighted by atomic mass is 10.0. The van der Waals surface area contributed by atoms with Gasteiger partial charge < -0.3 is 14.5 Å². The molecule has 0 bridgehead atoms. The minimum absolute atomic E-state index is 0.0825. The van der Waals surface area contributed by atoms with Gasteiger partial charge in [-0.05, 0) is 13.0 Å². The molecule has 21 heavy (non-hydrogen) atoms. The van der Waals surface area contributed by atoms with Crippen LogP contribution >= 0.6 is 0 Å². The van der Waals surface area contributed by atoms with E-state index in [4.69, 9.17) is 4.74 Å². The minimum atomic E-state index is -0.0847. The molecule has 3 heterocycles. The van der Waals surface area contributed by atoms with Crippen molar-refractivity contribution in [2.75, 3.05) is 39.4 Å². The van der Waals surface area contributed by atoms with Gasteiger partial charge in [0.2, 0.25) is 0 Å². The van der Waals surface area contributed by atoms with Crippen LogP contribution in [0.3, 0.4) is 0 Å². The molecule has 2 aliphatic rings. The molecule has 0 radical (unpaired) electrons. The molecule has 0 N–H and O–H groups in total. The fourth-order valence-electron chi connectivity index (χ4n) is 2.72. The first kappa shape index (κ1) is 14.1. The van der Waals surface area contributed by atoms with Gasteiger partial charge in [-0.3, -0.25) is 4.79 Å². The number of hydrogen-bond acceptors (Lipinski definition) is 4. The Bertz CT molecular complexity index is 574. The van der Waals surface area contributed by atoms with Gasteiger partial charge in [0, 0.05) is 38.2 Å². The number of amides is 2. The van der Waals surface area contributed by atoms with Gasteiger partial charge in [0.1, 0.15) is 0 Å². The summed E-state index contributed by atoms with van der Waals surface area (Å²) >= 11 is 0. The molecule has 1 aromatic heterocycles. The molecule has 2 fully saturated rings. The van der Waals surface area contributed by atoms with Crippen LogP contribution in [0.15, 0.2) is 16.9 Å². The van der Waals surface area contributed by atoms with E-state index in [2.05, 4.69) is 5.10 Å². The van der Waals surface area contributed by atoms with Crippen molar-refractivity contribution in [3.8, 4) is 0 Å². The summed E-state index contributed by atoms with van der Waals surface area (Å²) in [5.41, 5.74) is 0.744. The Morgan fingerprint density at radius 2 is 2.00 bits per heavy atom. The Morgan fingerprint density at radius 1 is 1.29 bits per heavy atom. The highest BCUT2D eigenvalue weighted by molar-refractivity contribution is 5.75. The molecule has 0 unspecified atom stereocenters. The Hall–Kier alpha value is -1.89. The molecular formula is C14H20N4O3. The highest BCUT2D eigenvalue weighted by Gasteiger charge is 2.34. The summed E-state index contributed by atoms with van der Waals surface area (Å²) in [5, 5.41) is 4.23. The summed E-state index contributed by atoms with van der Waals surface area (Å²) in [6.07, 6.45) is 0.